The summed E-state index contributed by atoms with van der Waals surface area (Å²) in [6.45, 7) is 4.74. The Morgan fingerprint density at radius 2 is 1.77 bits per heavy atom. The monoisotopic (exact) mass is 434 g/mol. The molecule has 1 heterocycles. The molecule has 0 aliphatic rings. The Hall–Kier alpha value is -2.56. The summed E-state index contributed by atoms with van der Waals surface area (Å²) in [6.07, 6.45) is 0.963. The largest absolute Gasteiger partial charge is 0.314 e. The Kier molecular flexibility index (Phi) is 6.26. The molecule has 152 valence electrons. The van der Waals surface area contributed by atoms with Crippen molar-refractivity contribution in [1.82, 2.24) is 9.55 Å². The fourth-order valence-corrected chi connectivity index (χ4v) is 4.61. The molecule has 1 unspecified atom stereocenters. The van der Waals surface area contributed by atoms with Crippen LogP contribution in [0.2, 0.25) is 5.02 Å². The Labute approximate surface area is 186 Å². The fourth-order valence-electron chi connectivity index (χ4n) is 3.44. The lowest BCUT2D eigenvalue weighted by molar-refractivity contribution is 0.0994. The highest BCUT2D eigenvalue weighted by Gasteiger charge is 2.21. The number of aryl methyl sites for hydroxylation is 1. The minimum Gasteiger partial charge on any atom is -0.314 e. The first-order chi connectivity index (χ1) is 14.5. The van der Waals surface area contributed by atoms with E-state index in [-0.39, 0.29) is 11.0 Å². The van der Waals surface area contributed by atoms with E-state index in [1.54, 1.807) is 0 Å². The topological polar surface area (TPSA) is 34.9 Å². The minimum atomic E-state index is -0.251. The zero-order valence-electron chi connectivity index (χ0n) is 17.0. The zero-order chi connectivity index (χ0) is 21.1. The van der Waals surface area contributed by atoms with Crippen LogP contribution in [0.4, 0.5) is 0 Å². The SMILES string of the molecule is CCc1ccc(C(=O)C(C)Sc2nc3cc(Cl)ccc3n2Cc2ccccc2)cc1. The van der Waals surface area contributed by atoms with E-state index in [1.165, 1.54) is 22.9 Å². The summed E-state index contributed by atoms with van der Waals surface area (Å²) in [7, 11) is 0. The van der Waals surface area contributed by atoms with Gasteiger partial charge >= 0.3 is 0 Å². The van der Waals surface area contributed by atoms with Crippen molar-refractivity contribution in [2.24, 2.45) is 0 Å². The molecule has 0 fully saturated rings. The second-order valence-corrected chi connectivity index (χ2v) is 9.02. The summed E-state index contributed by atoms with van der Waals surface area (Å²) >= 11 is 7.68. The van der Waals surface area contributed by atoms with Crippen molar-refractivity contribution in [3.05, 3.63) is 94.5 Å². The number of thioether (sulfide) groups is 1. The van der Waals surface area contributed by atoms with E-state index in [0.717, 1.165) is 28.2 Å². The van der Waals surface area contributed by atoms with Crippen LogP contribution in [-0.4, -0.2) is 20.6 Å². The molecule has 3 nitrogen and oxygen atoms in total. The fraction of sp³-hybridized carbons (Fsp3) is 0.200. The number of ketones is 1. The summed E-state index contributed by atoms with van der Waals surface area (Å²) in [5.41, 5.74) is 5.00. The summed E-state index contributed by atoms with van der Waals surface area (Å²) in [5, 5.41) is 1.23. The van der Waals surface area contributed by atoms with Gasteiger partial charge < -0.3 is 4.57 Å². The number of nitrogens with zero attached hydrogens (tertiary/aromatic N) is 2. The van der Waals surface area contributed by atoms with Crippen molar-refractivity contribution >= 4 is 40.2 Å². The van der Waals surface area contributed by atoms with Gasteiger partial charge in [0.15, 0.2) is 10.9 Å². The van der Waals surface area contributed by atoms with Crippen LogP contribution in [0.3, 0.4) is 0 Å². The Balaban J connectivity index is 1.65. The molecule has 3 aromatic carbocycles. The molecule has 0 aliphatic heterocycles. The number of benzene rings is 3. The molecule has 0 amide bonds. The molecule has 0 bridgehead atoms. The van der Waals surface area contributed by atoms with Crippen molar-refractivity contribution < 1.29 is 4.79 Å². The average Bonchev–Trinajstić information content (AvgIpc) is 3.09. The van der Waals surface area contributed by atoms with Crippen LogP contribution in [-0.2, 0) is 13.0 Å². The molecular weight excluding hydrogens is 412 g/mol. The second-order valence-electron chi connectivity index (χ2n) is 7.27. The van der Waals surface area contributed by atoms with Gasteiger partial charge in [-0.25, -0.2) is 4.98 Å². The van der Waals surface area contributed by atoms with E-state index >= 15 is 0 Å². The van der Waals surface area contributed by atoms with Crippen molar-refractivity contribution in [3.63, 3.8) is 0 Å². The molecular formula is C25H23ClN2OS. The molecule has 0 saturated heterocycles. The highest BCUT2D eigenvalue weighted by Crippen LogP contribution is 2.31. The first-order valence-electron chi connectivity index (χ1n) is 10.0. The summed E-state index contributed by atoms with van der Waals surface area (Å²) < 4.78 is 2.16. The van der Waals surface area contributed by atoms with E-state index in [2.05, 4.69) is 23.6 Å². The number of aromatic nitrogens is 2. The zero-order valence-corrected chi connectivity index (χ0v) is 18.6. The van der Waals surface area contributed by atoms with Crippen molar-refractivity contribution in [1.29, 1.82) is 0 Å². The van der Waals surface area contributed by atoms with Gasteiger partial charge in [-0.3, -0.25) is 4.79 Å². The summed E-state index contributed by atoms with van der Waals surface area (Å²) in [6, 6.07) is 23.9. The first-order valence-corrected chi connectivity index (χ1v) is 11.3. The van der Waals surface area contributed by atoms with Gasteiger partial charge in [0.25, 0.3) is 0 Å². The number of hydrogen-bond acceptors (Lipinski definition) is 3. The Morgan fingerprint density at radius 3 is 2.47 bits per heavy atom. The number of Topliss-reactive ketones (excluding diaryl/α,β-unsaturated/α-hetero) is 1. The van der Waals surface area contributed by atoms with Crippen molar-refractivity contribution in [3.8, 4) is 0 Å². The third-order valence-corrected chi connectivity index (χ3v) is 6.48. The van der Waals surface area contributed by atoms with Gasteiger partial charge in [0.1, 0.15) is 0 Å². The van der Waals surface area contributed by atoms with Gasteiger partial charge in [0, 0.05) is 10.6 Å². The van der Waals surface area contributed by atoms with E-state index in [0.29, 0.717) is 11.6 Å². The standard InChI is InChI=1S/C25H23ClN2OS/c1-3-18-9-11-20(12-10-18)24(29)17(2)30-25-27-22-15-21(26)13-14-23(22)28(25)16-19-7-5-4-6-8-19/h4-15,17H,3,16H2,1-2H3. The molecule has 4 rings (SSSR count). The molecule has 1 atom stereocenters. The van der Waals surface area contributed by atoms with Gasteiger partial charge in [-0.1, -0.05) is 84.9 Å². The number of imidazole rings is 1. The molecule has 1 aromatic heterocycles. The number of carbonyl (C=O) groups is 1. The lowest BCUT2D eigenvalue weighted by Crippen LogP contribution is -2.15. The molecule has 0 N–H and O–H groups in total. The molecule has 30 heavy (non-hydrogen) atoms. The molecule has 0 saturated carbocycles. The van der Waals surface area contributed by atoms with Crippen LogP contribution >= 0.6 is 23.4 Å². The predicted octanol–water partition coefficient (Wildman–Crippen LogP) is 6.66. The highest BCUT2D eigenvalue weighted by molar-refractivity contribution is 8.00. The minimum absolute atomic E-state index is 0.110. The quantitative estimate of drug-likeness (QED) is 0.241. The maximum Gasteiger partial charge on any atom is 0.175 e. The van der Waals surface area contributed by atoms with Crippen LogP contribution < -0.4 is 0 Å². The third kappa shape index (κ3) is 4.45. The van der Waals surface area contributed by atoms with E-state index in [1.807, 2.05) is 67.6 Å². The first kappa shape index (κ1) is 20.7. The van der Waals surface area contributed by atoms with Crippen LogP contribution in [0.1, 0.15) is 35.3 Å². The molecule has 0 radical (unpaired) electrons. The summed E-state index contributed by atoms with van der Waals surface area (Å²) in [4.78, 5) is 17.8. The number of halogens is 1. The lowest BCUT2D eigenvalue weighted by Gasteiger charge is -2.13. The van der Waals surface area contributed by atoms with Crippen LogP contribution in [0.5, 0.6) is 0 Å². The van der Waals surface area contributed by atoms with E-state index in [9.17, 15) is 4.79 Å². The van der Waals surface area contributed by atoms with Gasteiger partial charge in [0.05, 0.1) is 22.8 Å². The average molecular weight is 435 g/mol. The Morgan fingerprint density at radius 1 is 1.03 bits per heavy atom. The predicted molar refractivity (Wildman–Crippen MR) is 126 cm³/mol. The van der Waals surface area contributed by atoms with Gasteiger partial charge in [-0.05, 0) is 42.7 Å². The van der Waals surface area contributed by atoms with E-state index in [4.69, 9.17) is 16.6 Å². The number of carbonyl (C=O) groups excluding carboxylic acids is 1. The van der Waals surface area contributed by atoms with Crippen molar-refractivity contribution in [2.45, 2.75) is 37.2 Å². The van der Waals surface area contributed by atoms with Crippen LogP contribution in [0, 0.1) is 0 Å². The smallest absolute Gasteiger partial charge is 0.175 e. The normalized spacial score (nSPS) is 12.2. The molecule has 4 aromatic rings. The number of hydrogen-bond donors (Lipinski definition) is 0. The number of fused-ring (bicyclic) bond motifs is 1. The second kappa shape index (κ2) is 9.07. The molecule has 0 spiro atoms. The van der Waals surface area contributed by atoms with Gasteiger partial charge in [-0.15, -0.1) is 0 Å². The van der Waals surface area contributed by atoms with E-state index < -0.39 is 0 Å². The lowest BCUT2D eigenvalue weighted by atomic mass is 10.1. The van der Waals surface area contributed by atoms with Crippen LogP contribution in [0.25, 0.3) is 11.0 Å². The number of rotatable bonds is 7. The Bertz CT molecular complexity index is 1170. The maximum atomic E-state index is 13.0. The van der Waals surface area contributed by atoms with Crippen molar-refractivity contribution in [2.75, 3.05) is 0 Å². The highest BCUT2D eigenvalue weighted by atomic mass is 35.5. The van der Waals surface area contributed by atoms with Gasteiger partial charge in [0.2, 0.25) is 0 Å². The van der Waals surface area contributed by atoms with Crippen LogP contribution in [0.15, 0.2) is 78.0 Å². The van der Waals surface area contributed by atoms with Gasteiger partial charge in [-0.2, -0.15) is 0 Å². The summed E-state index contributed by atoms with van der Waals surface area (Å²) in [5.74, 6) is 0.110. The molecule has 5 heteroatoms. The molecule has 0 aliphatic carbocycles. The third-order valence-electron chi connectivity index (χ3n) is 5.16. The maximum absolute atomic E-state index is 13.0.